The van der Waals surface area contributed by atoms with Crippen molar-refractivity contribution in [3.05, 3.63) is 29.3 Å². The summed E-state index contributed by atoms with van der Waals surface area (Å²) in [5, 5.41) is 15.8. The van der Waals surface area contributed by atoms with Gasteiger partial charge in [0.2, 0.25) is 17.7 Å². The third kappa shape index (κ3) is 4.52. The summed E-state index contributed by atoms with van der Waals surface area (Å²) in [7, 11) is 1.70. The summed E-state index contributed by atoms with van der Waals surface area (Å²) in [5.41, 5.74) is 7.70. The van der Waals surface area contributed by atoms with Crippen LogP contribution in [0.15, 0.2) is 18.2 Å². The summed E-state index contributed by atoms with van der Waals surface area (Å²) in [4.78, 5) is 40.8. The number of rotatable bonds is 5. The Morgan fingerprint density at radius 2 is 2.06 bits per heavy atom. The van der Waals surface area contributed by atoms with Crippen LogP contribution in [0.4, 0.5) is 0 Å². The molecule has 4 unspecified atom stereocenters. The number of nitrogens with zero attached hydrogens (tertiary/aromatic N) is 1. The molecule has 2 fully saturated rings. The van der Waals surface area contributed by atoms with Crippen LogP contribution in [0.2, 0.25) is 0 Å². The van der Waals surface area contributed by atoms with E-state index in [1.54, 1.807) is 36.7 Å². The molecule has 0 bridgehead atoms. The number of likely N-dealkylation sites (N-methyl/N-ethyl adjacent to an activating group) is 1. The summed E-state index contributed by atoms with van der Waals surface area (Å²) in [6, 6.07) is 3.68. The molecule has 2 heterocycles. The summed E-state index contributed by atoms with van der Waals surface area (Å²) in [5.74, 6) is -0.521. The first-order valence-corrected chi connectivity index (χ1v) is 13.0. The lowest BCUT2D eigenvalue weighted by Crippen LogP contribution is -2.57. The van der Waals surface area contributed by atoms with E-state index in [9.17, 15) is 19.5 Å². The van der Waals surface area contributed by atoms with Gasteiger partial charge in [-0.2, -0.15) is 0 Å². The van der Waals surface area contributed by atoms with Crippen molar-refractivity contribution in [3.8, 4) is 5.75 Å². The fraction of sp³-hybridized carbons (Fsp3) is 0.640. The average Bonchev–Trinajstić information content (AvgIpc) is 2.99. The van der Waals surface area contributed by atoms with Gasteiger partial charge in [0, 0.05) is 5.25 Å². The molecule has 0 saturated carbocycles. The van der Waals surface area contributed by atoms with Crippen molar-refractivity contribution < 1.29 is 19.5 Å². The molecule has 6 atom stereocenters. The third-order valence-electron chi connectivity index (χ3n) is 7.73. The highest BCUT2D eigenvalue weighted by Crippen LogP contribution is 2.51. The number of hydrogen-bond acceptors (Lipinski definition) is 6. The third-order valence-corrected chi connectivity index (χ3v) is 9.31. The van der Waals surface area contributed by atoms with Crippen LogP contribution in [0.3, 0.4) is 0 Å². The molecule has 9 heteroatoms. The summed E-state index contributed by atoms with van der Waals surface area (Å²) in [6.45, 7) is 5.71. The molecule has 0 radical (unpaired) electrons. The molecule has 5 N–H and O–H groups in total. The predicted molar refractivity (Wildman–Crippen MR) is 132 cm³/mol. The van der Waals surface area contributed by atoms with Crippen molar-refractivity contribution in [3.63, 3.8) is 0 Å². The van der Waals surface area contributed by atoms with Crippen LogP contribution in [0, 0.1) is 5.41 Å². The van der Waals surface area contributed by atoms with Crippen molar-refractivity contribution in [2.45, 2.75) is 87.5 Å². The van der Waals surface area contributed by atoms with Gasteiger partial charge in [-0.3, -0.25) is 14.4 Å². The lowest BCUT2D eigenvalue weighted by Gasteiger charge is -2.33. The van der Waals surface area contributed by atoms with E-state index in [1.807, 2.05) is 26.0 Å². The van der Waals surface area contributed by atoms with Crippen LogP contribution in [0.5, 0.6) is 5.75 Å². The molecule has 3 aliphatic rings. The van der Waals surface area contributed by atoms with Gasteiger partial charge < -0.3 is 26.4 Å². The van der Waals surface area contributed by atoms with Crippen LogP contribution >= 0.6 is 11.8 Å². The Morgan fingerprint density at radius 1 is 1.32 bits per heavy atom. The topological polar surface area (TPSA) is 125 Å². The number of nitrogens with two attached hydrogens (primary N) is 1. The van der Waals surface area contributed by atoms with E-state index < -0.39 is 29.4 Å². The number of fused-ring (bicyclic) bond motifs is 2. The fourth-order valence-corrected chi connectivity index (χ4v) is 7.97. The molecule has 3 amide bonds. The van der Waals surface area contributed by atoms with E-state index in [-0.39, 0.29) is 34.1 Å². The quantitative estimate of drug-likeness (QED) is 0.501. The van der Waals surface area contributed by atoms with Gasteiger partial charge in [0.15, 0.2) is 0 Å². The van der Waals surface area contributed by atoms with Crippen LogP contribution in [0.25, 0.3) is 0 Å². The highest BCUT2D eigenvalue weighted by atomic mass is 32.2. The molecule has 8 nitrogen and oxygen atoms in total. The van der Waals surface area contributed by atoms with E-state index in [2.05, 4.69) is 10.6 Å². The van der Waals surface area contributed by atoms with Crippen LogP contribution < -0.4 is 16.4 Å². The number of benzene rings is 1. The lowest BCUT2D eigenvalue weighted by molar-refractivity contribution is -0.142. The minimum atomic E-state index is -0.732. The number of carbonyl (C=O) groups is 3. The van der Waals surface area contributed by atoms with Crippen LogP contribution in [0.1, 0.15) is 63.5 Å². The van der Waals surface area contributed by atoms with E-state index in [0.29, 0.717) is 12.8 Å². The van der Waals surface area contributed by atoms with Crippen LogP contribution in [-0.2, 0) is 20.8 Å². The molecule has 1 aromatic carbocycles. The molecule has 1 aromatic rings. The molecule has 0 aromatic heterocycles. The van der Waals surface area contributed by atoms with Gasteiger partial charge >= 0.3 is 0 Å². The molecule has 0 spiro atoms. The number of thioether (sulfide) groups is 1. The zero-order valence-corrected chi connectivity index (χ0v) is 21.2. The number of primary amides is 1. The monoisotopic (exact) mass is 488 g/mol. The van der Waals surface area contributed by atoms with Crippen molar-refractivity contribution in [1.29, 1.82) is 0 Å². The van der Waals surface area contributed by atoms with E-state index >= 15 is 0 Å². The first-order chi connectivity index (χ1) is 16.0. The maximum atomic E-state index is 13.8. The van der Waals surface area contributed by atoms with Crippen molar-refractivity contribution in [1.82, 2.24) is 15.5 Å². The minimum Gasteiger partial charge on any atom is -0.508 e. The van der Waals surface area contributed by atoms with Crippen molar-refractivity contribution in [2.75, 3.05) is 7.05 Å². The van der Waals surface area contributed by atoms with Gasteiger partial charge in [-0.05, 0) is 80.7 Å². The summed E-state index contributed by atoms with van der Waals surface area (Å²) in [6.07, 6.45) is 4.05. The second-order valence-electron chi connectivity index (χ2n) is 10.6. The number of nitrogens with one attached hydrogen (secondary N) is 2. The number of amides is 3. The van der Waals surface area contributed by atoms with Gasteiger partial charge in [0.1, 0.15) is 17.8 Å². The largest absolute Gasteiger partial charge is 0.508 e. The van der Waals surface area contributed by atoms with Crippen LogP contribution in [-0.4, -0.2) is 63.5 Å². The minimum absolute atomic E-state index is 0.0696. The Bertz CT molecular complexity index is 984. The highest BCUT2D eigenvalue weighted by Gasteiger charge is 2.55. The molecular weight excluding hydrogens is 452 g/mol. The van der Waals surface area contributed by atoms with Gasteiger partial charge in [-0.1, -0.05) is 19.9 Å². The first-order valence-electron chi connectivity index (χ1n) is 12.1. The molecule has 2 saturated heterocycles. The Hall–Kier alpha value is -2.26. The number of hydrogen-bond donors (Lipinski definition) is 4. The smallest absolute Gasteiger partial charge is 0.246 e. The highest BCUT2D eigenvalue weighted by molar-refractivity contribution is 8.00. The Balaban J connectivity index is 1.72. The molecule has 2 aliphatic heterocycles. The van der Waals surface area contributed by atoms with Gasteiger partial charge in [0.05, 0.1) is 11.4 Å². The zero-order valence-electron chi connectivity index (χ0n) is 20.3. The Labute approximate surface area is 205 Å². The number of phenols is 1. The molecule has 186 valence electrons. The standard InChI is InChI=1S/C25H36N4O4S/c1-13(27-4)23(32)28-18-11-19(17-7-5-6-14-10-15(30)8-9-16(14)17)34-20-12-25(2,3)21(22(26)31)29(20)24(18)33/h8-10,13,17-21,27,30H,5-7,11-12H2,1-4H3,(H2,26,31)(H,28,32)/t13-,17+,18?,19?,20?,21?/m0/s1. The van der Waals surface area contributed by atoms with Gasteiger partial charge in [-0.15, -0.1) is 11.8 Å². The molecular formula is C25H36N4O4S. The number of aryl methyl sites for hydroxylation is 1. The van der Waals surface area contributed by atoms with E-state index in [0.717, 1.165) is 24.8 Å². The SMILES string of the molecule is CN[C@@H](C)C(=O)NC1CC([C@@H]2CCCc3cc(O)ccc32)SC2CC(C)(C)C(C(N)=O)N2C1=O. The second kappa shape index (κ2) is 9.41. The molecule has 4 rings (SSSR count). The second-order valence-corrected chi connectivity index (χ2v) is 12.0. The molecule has 1 aliphatic carbocycles. The zero-order chi connectivity index (χ0) is 24.8. The Kier molecular flexibility index (Phi) is 6.88. The summed E-state index contributed by atoms with van der Waals surface area (Å²) < 4.78 is 0. The Morgan fingerprint density at radius 3 is 2.74 bits per heavy atom. The number of carbonyl (C=O) groups excluding carboxylic acids is 3. The average molecular weight is 489 g/mol. The normalized spacial score (nSPS) is 31.2. The fourth-order valence-electron chi connectivity index (χ4n) is 5.91. The summed E-state index contributed by atoms with van der Waals surface area (Å²) >= 11 is 1.74. The lowest BCUT2D eigenvalue weighted by atomic mass is 9.79. The number of aromatic hydroxyl groups is 1. The van der Waals surface area contributed by atoms with E-state index in [4.69, 9.17) is 5.73 Å². The molecule has 34 heavy (non-hydrogen) atoms. The maximum absolute atomic E-state index is 13.8. The maximum Gasteiger partial charge on any atom is 0.246 e. The van der Waals surface area contributed by atoms with Gasteiger partial charge in [0.25, 0.3) is 0 Å². The van der Waals surface area contributed by atoms with E-state index in [1.165, 1.54) is 5.56 Å². The van der Waals surface area contributed by atoms with Crippen molar-refractivity contribution in [2.24, 2.45) is 11.1 Å². The number of phenolic OH excluding ortho intramolecular Hbond substituents is 1. The first kappa shape index (κ1) is 24.9. The van der Waals surface area contributed by atoms with Crippen molar-refractivity contribution >= 4 is 29.5 Å². The van der Waals surface area contributed by atoms with Gasteiger partial charge in [-0.25, -0.2) is 0 Å². The predicted octanol–water partition coefficient (Wildman–Crippen LogP) is 1.85.